The van der Waals surface area contributed by atoms with Crippen LogP contribution in [0.3, 0.4) is 0 Å². The van der Waals surface area contributed by atoms with E-state index in [1.807, 2.05) is 30.0 Å². The van der Waals surface area contributed by atoms with Gasteiger partial charge in [-0.3, -0.25) is 9.69 Å². The third-order valence-corrected chi connectivity index (χ3v) is 4.99. The van der Waals surface area contributed by atoms with Gasteiger partial charge in [0.2, 0.25) is 0 Å². The van der Waals surface area contributed by atoms with Crippen LogP contribution in [0.1, 0.15) is 35.2 Å². The molecule has 1 N–H and O–H groups in total. The van der Waals surface area contributed by atoms with Crippen LogP contribution in [0, 0.1) is 6.92 Å². The van der Waals surface area contributed by atoms with Crippen LogP contribution in [0.25, 0.3) is 0 Å². The summed E-state index contributed by atoms with van der Waals surface area (Å²) in [5, 5.41) is 10.8. The predicted molar refractivity (Wildman–Crippen MR) is 87.3 cm³/mol. The van der Waals surface area contributed by atoms with E-state index in [-0.39, 0.29) is 25.3 Å². The average Bonchev–Trinajstić information content (AvgIpc) is 2.91. The number of carbonyl (C=O) groups excluding carboxylic acids is 1. The Labute approximate surface area is 141 Å². The van der Waals surface area contributed by atoms with Gasteiger partial charge in [0.1, 0.15) is 0 Å². The van der Waals surface area contributed by atoms with E-state index in [2.05, 4.69) is 0 Å². The van der Waals surface area contributed by atoms with Gasteiger partial charge in [-0.1, -0.05) is 17.7 Å². The van der Waals surface area contributed by atoms with Crippen LogP contribution in [0.4, 0.5) is 8.78 Å². The number of hydrogen-bond donors (Lipinski definition) is 1. The van der Waals surface area contributed by atoms with Crippen molar-refractivity contribution in [3.05, 3.63) is 35.4 Å². The lowest BCUT2D eigenvalue weighted by Crippen LogP contribution is -2.49. The molecule has 1 aromatic rings. The van der Waals surface area contributed by atoms with Gasteiger partial charge in [-0.15, -0.1) is 0 Å². The highest BCUT2D eigenvalue weighted by Crippen LogP contribution is 2.30. The fraction of sp³-hybridized carbons (Fsp3) is 0.611. The molecule has 1 aromatic carbocycles. The van der Waals surface area contributed by atoms with Gasteiger partial charge in [-0.05, 0) is 25.5 Å². The van der Waals surface area contributed by atoms with Crippen molar-refractivity contribution in [2.45, 2.75) is 37.7 Å². The standard InChI is InChI=1S/C18H24F2N2O2/c1-14-3-2-4-15(11-14)16(23)22-10-5-17(24,13-22)12-21-8-6-18(19,20)7-9-21/h2-4,11,24H,5-10,12-13H2,1H3/t17-/m1/s1. The van der Waals surface area contributed by atoms with Crippen LogP contribution in [0.5, 0.6) is 0 Å². The van der Waals surface area contributed by atoms with Crippen LogP contribution in [-0.2, 0) is 0 Å². The molecule has 1 amide bonds. The lowest BCUT2D eigenvalue weighted by molar-refractivity contribution is -0.0720. The summed E-state index contributed by atoms with van der Waals surface area (Å²) in [5.41, 5.74) is 0.632. The highest BCUT2D eigenvalue weighted by molar-refractivity contribution is 5.94. The Morgan fingerprint density at radius 2 is 1.92 bits per heavy atom. The molecule has 0 unspecified atom stereocenters. The van der Waals surface area contributed by atoms with Crippen LogP contribution >= 0.6 is 0 Å². The Morgan fingerprint density at radius 1 is 1.21 bits per heavy atom. The molecule has 0 spiro atoms. The first-order valence-electron chi connectivity index (χ1n) is 8.45. The molecular weight excluding hydrogens is 314 g/mol. The van der Waals surface area contributed by atoms with Crippen LogP contribution < -0.4 is 0 Å². The predicted octanol–water partition coefficient (Wildman–Crippen LogP) is 2.30. The molecule has 2 aliphatic heterocycles. The third-order valence-electron chi connectivity index (χ3n) is 4.99. The van der Waals surface area contributed by atoms with Gasteiger partial charge >= 0.3 is 0 Å². The summed E-state index contributed by atoms with van der Waals surface area (Å²) < 4.78 is 26.5. The number of halogens is 2. The zero-order chi connectivity index (χ0) is 17.4. The van der Waals surface area contributed by atoms with E-state index in [0.717, 1.165) is 5.56 Å². The maximum absolute atomic E-state index is 13.2. The number of alkyl halides is 2. The van der Waals surface area contributed by atoms with Crippen molar-refractivity contribution in [2.24, 2.45) is 0 Å². The Morgan fingerprint density at radius 3 is 2.58 bits per heavy atom. The second-order valence-electron chi connectivity index (χ2n) is 7.20. The van der Waals surface area contributed by atoms with Crippen molar-refractivity contribution in [2.75, 3.05) is 32.7 Å². The van der Waals surface area contributed by atoms with Gasteiger partial charge in [0.05, 0.1) is 12.1 Å². The maximum atomic E-state index is 13.2. The van der Waals surface area contributed by atoms with Crippen LogP contribution in [0.2, 0.25) is 0 Å². The van der Waals surface area contributed by atoms with Crippen molar-refractivity contribution in [1.29, 1.82) is 0 Å². The number of benzene rings is 1. The second kappa shape index (κ2) is 6.41. The van der Waals surface area contributed by atoms with E-state index in [1.165, 1.54) is 0 Å². The quantitative estimate of drug-likeness (QED) is 0.920. The molecule has 3 rings (SSSR count). The monoisotopic (exact) mass is 338 g/mol. The van der Waals surface area contributed by atoms with Gasteiger partial charge in [0.25, 0.3) is 11.8 Å². The van der Waals surface area contributed by atoms with Crippen molar-refractivity contribution < 1.29 is 18.7 Å². The summed E-state index contributed by atoms with van der Waals surface area (Å²) in [5.74, 6) is -2.66. The molecule has 0 saturated carbocycles. The number of piperidine rings is 1. The zero-order valence-corrected chi connectivity index (χ0v) is 14.0. The Balaban J connectivity index is 1.59. The summed E-state index contributed by atoms with van der Waals surface area (Å²) >= 11 is 0. The Kier molecular flexibility index (Phi) is 4.62. The molecule has 2 saturated heterocycles. The number of rotatable bonds is 3. The molecule has 2 heterocycles. The molecular formula is C18H24F2N2O2. The fourth-order valence-corrected chi connectivity index (χ4v) is 3.57. The highest BCUT2D eigenvalue weighted by Gasteiger charge is 2.42. The first-order valence-corrected chi connectivity index (χ1v) is 8.45. The van der Waals surface area contributed by atoms with E-state index in [1.54, 1.807) is 11.0 Å². The molecule has 0 radical (unpaired) electrons. The molecule has 1 atom stereocenters. The van der Waals surface area contributed by atoms with Crippen LogP contribution in [0.15, 0.2) is 24.3 Å². The molecule has 132 valence electrons. The Bertz CT molecular complexity index is 613. The lowest BCUT2D eigenvalue weighted by Gasteiger charge is -2.36. The first kappa shape index (κ1) is 17.3. The van der Waals surface area contributed by atoms with Crippen molar-refractivity contribution in [3.8, 4) is 0 Å². The number of β-amino-alcohol motifs (C(OH)–C–C–N with tert-alkyl or cyclic N) is 1. The van der Waals surface area contributed by atoms with Gasteiger partial charge in [-0.25, -0.2) is 8.78 Å². The summed E-state index contributed by atoms with van der Waals surface area (Å²) in [4.78, 5) is 16.1. The largest absolute Gasteiger partial charge is 0.387 e. The fourth-order valence-electron chi connectivity index (χ4n) is 3.57. The molecule has 0 aliphatic carbocycles. The topological polar surface area (TPSA) is 43.8 Å². The van der Waals surface area contributed by atoms with Gasteiger partial charge in [0, 0.05) is 44.6 Å². The van der Waals surface area contributed by atoms with E-state index < -0.39 is 11.5 Å². The SMILES string of the molecule is Cc1cccc(C(=O)N2CC[C@@](O)(CN3CCC(F)(F)CC3)C2)c1. The van der Waals surface area contributed by atoms with Crippen molar-refractivity contribution in [3.63, 3.8) is 0 Å². The molecule has 2 aliphatic rings. The van der Waals surface area contributed by atoms with E-state index in [0.29, 0.717) is 38.2 Å². The zero-order valence-electron chi connectivity index (χ0n) is 14.0. The minimum atomic E-state index is -2.58. The molecule has 0 aromatic heterocycles. The number of aryl methyl sites for hydroxylation is 1. The highest BCUT2D eigenvalue weighted by atomic mass is 19.3. The molecule has 24 heavy (non-hydrogen) atoms. The molecule has 0 bridgehead atoms. The third kappa shape index (κ3) is 3.92. The van der Waals surface area contributed by atoms with Gasteiger partial charge in [0.15, 0.2) is 0 Å². The second-order valence-corrected chi connectivity index (χ2v) is 7.20. The number of aliphatic hydroxyl groups is 1. The Hall–Kier alpha value is -1.53. The number of carbonyl (C=O) groups is 1. The van der Waals surface area contributed by atoms with E-state index >= 15 is 0 Å². The minimum Gasteiger partial charge on any atom is -0.387 e. The minimum absolute atomic E-state index is 0.0835. The number of likely N-dealkylation sites (tertiary alicyclic amines) is 2. The number of nitrogens with zero attached hydrogens (tertiary/aromatic N) is 2. The normalized spacial score (nSPS) is 27.4. The molecule has 4 nitrogen and oxygen atoms in total. The smallest absolute Gasteiger partial charge is 0.253 e. The van der Waals surface area contributed by atoms with Crippen molar-refractivity contribution >= 4 is 5.91 Å². The van der Waals surface area contributed by atoms with Crippen molar-refractivity contribution in [1.82, 2.24) is 9.80 Å². The van der Waals surface area contributed by atoms with E-state index in [4.69, 9.17) is 0 Å². The average molecular weight is 338 g/mol. The summed E-state index contributed by atoms with van der Waals surface area (Å²) in [6.07, 6.45) is 0.168. The molecule has 6 heteroatoms. The van der Waals surface area contributed by atoms with Crippen LogP contribution in [-0.4, -0.2) is 65.1 Å². The number of hydrogen-bond acceptors (Lipinski definition) is 3. The maximum Gasteiger partial charge on any atom is 0.253 e. The van der Waals surface area contributed by atoms with Gasteiger partial charge in [-0.2, -0.15) is 0 Å². The molecule has 2 fully saturated rings. The van der Waals surface area contributed by atoms with E-state index in [9.17, 15) is 18.7 Å². The van der Waals surface area contributed by atoms with Gasteiger partial charge < -0.3 is 10.0 Å². The number of amides is 1. The first-order chi connectivity index (χ1) is 11.3. The summed E-state index contributed by atoms with van der Waals surface area (Å²) in [7, 11) is 0. The summed E-state index contributed by atoms with van der Waals surface area (Å²) in [6, 6.07) is 7.40. The summed E-state index contributed by atoms with van der Waals surface area (Å²) in [6.45, 7) is 3.62. The lowest BCUT2D eigenvalue weighted by atomic mass is 10.00.